The zero-order valence-corrected chi connectivity index (χ0v) is 13.7. The summed E-state index contributed by atoms with van der Waals surface area (Å²) in [5.41, 5.74) is 1.89. The average molecular weight is 347 g/mol. The normalized spacial score (nSPS) is 10.0. The summed E-state index contributed by atoms with van der Waals surface area (Å²) in [4.78, 5) is 13.5. The van der Waals surface area contributed by atoms with Crippen molar-refractivity contribution >= 4 is 55.8 Å². The summed E-state index contributed by atoms with van der Waals surface area (Å²) in [5, 5.41) is 2.85. The Kier molecular flexibility index (Phi) is 6.11. The monoisotopic (exact) mass is 346 g/mol. The second-order valence-corrected chi connectivity index (χ2v) is 6.42. The fourth-order valence-electron chi connectivity index (χ4n) is 1.18. The van der Waals surface area contributed by atoms with E-state index in [4.69, 9.17) is 12.2 Å². The number of carbonyl (C=O) groups is 1. The molecule has 0 unspecified atom stereocenters. The first-order valence-corrected chi connectivity index (χ1v) is 7.49. The highest BCUT2D eigenvalue weighted by molar-refractivity contribution is 9.10. The van der Waals surface area contributed by atoms with Gasteiger partial charge in [-0.1, -0.05) is 39.9 Å². The lowest BCUT2D eigenvalue weighted by atomic mass is 10.2. The Bertz CT molecular complexity index is 463. The zero-order chi connectivity index (χ0) is 13.7. The van der Waals surface area contributed by atoms with Crippen LogP contribution in [0, 0.1) is 6.92 Å². The molecule has 0 bridgehead atoms. The highest BCUT2D eigenvalue weighted by Crippen LogP contribution is 2.20. The van der Waals surface area contributed by atoms with Gasteiger partial charge >= 0.3 is 0 Å². The average Bonchev–Trinajstić information content (AvgIpc) is 2.30. The second kappa shape index (κ2) is 7.11. The first kappa shape index (κ1) is 15.5. The Morgan fingerprint density at radius 3 is 2.72 bits per heavy atom. The lowest BCUT2D eigenvalue weighted by molar-refractivity contribution is -0.113. The summed E-state index contributed by atoms with van der Waals surface area (Å²) < 4.78 is 1.74. The summed E-state index contributed by atoms with van der Waals surface area (Å²) in [5.74, 6) is 0.275. The van der Waals surface area contributed by atoms with E-state index >= 15 is 0 Å². The van der Waals surface area contributed by atoms with Crippen molar-refractivity contribution in [3.63, 3.8) is 0 Å². The van der Waals surface area contributed by atoms with E-state index in [1.807, 2.05) is 44.1 Å². The first-order chi connectivity index (χ1) is 8.40. The molecule has 1 aromatic rings. The Morgan fingerprint density at radius 1 is 1.50 bits per heavy atom. The Balaban J connectivity index is 2.49. The second-order valence-electron chi connectivity index (χ2n) is 3.96. The Labute approximate surface area is 125 Å². The SMILES string of the molecule is Cc1cc(NC(=O)CSC(=S)N(C)C)ccc1Br. The maximum Gasteiger partial charge on any atom is 0.234 e. The number of hydrogen-bond donors (Lipinski definition) is 1. The van der Waals surface area contributed by atoms with Crippen LogP contribution in [0.1, 0.15) is 5.56 Å². The molecule has 1 aromatic carbocycles. The molecule has 0 saturated carbocycles. The summed E-state index contributed by atoms with van der Waals surface area (Å²) in [6.45, 7) is 1.98. The molecule has 1 N–H and O–H groups in total. The molecule has 0 aliphatic carbocycles. The molecule has 3 nitrogen and oxygen atoms in total. The standard InChI is InChI=1S/C12H15BrN2OS2/c1-8-6-9(4-5-10(8)13)14-11(16)7-18-12(17)15(2)3/h4-6H,7H2,1-3H3,(H,14,16). The number of halogens is 1. The number of nitrogens with zero attached hydrogens (tertiary/aromatic N) is 1. The van der Waals surface area contributed by atoms with Gasteiger partial charge in [-0.25, -0.2) is 0 Å². The number of hydrogen-bond acceptors (Lipinski definition) is 3. The predicted molar refractivity (Wildman–Crippen MR) is 86.3 cm³/mol. The van der Waals surface area contributed by atoms with Crippen molar-refractivity contribution in [1.82, 2.24) is 4.90 Å². The van der Waals surface area contributed by atoms with Gasteiger partial charge in [0, 0.05) is 24.3 Å². The number of nitrogens with one attached hydrogen (secondary N) is 1. The molecule has 0 radical (unpaired) electrons. The molecule has 0 atom stereocenters. The Morgan fingerprint density at radius 2 is 2.17 bits per heavy atom. The van der Waals surface area contributed by atoms with Crippen molar-refractivity contribution in [2.24, 2.45) is 0 Å². The van der Waals surface area contributed by atoms with Crippen LogP contribution in [0.15, 0.2) is 22.7 Å². The number of rotatable bonds is 3. The minimum atomic E-state index is -0.0501. The minimum absolute atomic E-state index is 0.0501. The molecule has 98 valence electrons. The van der Waals surface area contributed by atoms with Crippen LogP contribution in [0.5, 0.6) is 0 Å². The number of amides is 1. The van der Waals surface area contributed by atoms with E-state index < -0.39 is 0 Å². The first-order valence-electron chi connectivity index (χ1n) is 5.30. The quantitative estimate of drug-likeness (QED) is 0.851. The van der Waals surface area contributed by atoms with E-state index in [9.17, 15) is 4.79 Å². The van der Waals surface area contributed by atoms with Gasteiger partial charge in [0.2, 0.25) is 5.91 Å². The predicted octanol–water partition coefficient (Wildman–Crippen LogP) is 3.28. The molecule has 0 saturated heterocycles. The lowest BCUT2D eigenvalue weighted by Crippen LogP contribution is -2.20. The number of aryl methyl sites for hydroxylation is 1. The van der Waals surface area contributed by atoms with Gasteiger partial charge in [0.25, 0.3) is 0 Å². The number of thiocarbonyl (C=S) groups is 1. The third-order valence-corrected chi connectivity index (χ3v) is 4.76. The minimum Gasteiger partial charge on any atom is -0.364 e. The smallest absolute Gasteiger partial charge is 0.234 e. The molecule has 18 heavy (non-hydrogen) atoms. The zero-order valence-electron chi connectivity index (χ0n) is 10.5. The topological polar surface area (TPSA) is 32.3 Å². The van der Waals surface area contributed by atoms with Crippen molar-refractivity contribution in [2.75, 3.05) is 25.2 Å². The van der Waals surface area contributed by atoms with Gasteiger partial charge < -0.3 is 10.2 Å². The summed E-state index contributed by atoms with van der Waals surface area (Å²) in [7, 11) is 3.73. The molecule has 0 heterocycles. The third kappa shape index (κ3) is 4.96. The number of thioether (sulfide) groups is 1. The van der Waals surface area contributed by atoms with Crippen molar-refractivity contribution in [3.8, 4) is 0 Å². The van der Waals surface area contributed by atoms with E-state index in [0.29, 0.717) is 10.1 Å². The Hall–Kier alpha value is -0.590. The van der Waals surface area contributed by atoms with Gasteiger partial charge in [0.15, 0.2) is 0 Å². The van der Waals surface area contributed by atoms with E-state index in [1.54, 1.807) is 0 Å². The fourth-order valence-corrected chi connectivity index (χ4v) is 2.18. The maximum absolute atomic E-state index is 11.7. The fraction of sp³-hybridized carbons (Fsp3) is 0.333. The molecular weight excluding hydrogens is 332 g/mol. The molecule has 1 amide bonds. The van der Waals surface area contributed by atoms with E-state index in [1.165, 1.54) is 11.8 Å². The highest BCUT2D eigenvalue weighted by Gasteiger charge is 2.07. The lowest BCUT2D eigenvalue weighted by Gasteiger charge is -2.12. The van der Waals surface area contributed by atoms with Crippen LogP contribution in [0.25, 0.3) is 0 Å². The van der Waals surface area contributed by atoms with Crippen LogP contribution in [0.3, 0.4) is 0 Å². The number of anilines is 1. The largest absolute Gasteiger partial charge is 0.364 e. The molecule has 0 spiro atoms. The van der Waals surface area contributed by atoms with Gasteiger partial charge in [-0.05, 0) is 30.7 Å². The molecule has 0 aliphatic heterocycles. The van der Waals surface area contributed by atoms with Crippen LogP contribution in [-0.2, 0) is 4.79 Å². The van der Waals surface area contributed by atoms with Gasteiger partial charge in [0.1, 0.15) is 4.32 Å². The van der Waals surface area contributed by atoms with E-state index in [-0.39, 0.29) is 5.91 Å². The van der Waals surface area contributed by atoms with Gasteiger partial charge in [-0.15, -0.1) is 0 Å². The summed E-state index contributed by atoms with van der Waals surface area (Å²) >= 11 is 9.88. The van der Waals surface area contributed by atoms with Crippen LogP contribution in [0.2, 0.25) is 0 Å². The maximum atomic E-state index is 11.7. The van der Waals surface area contributed by atoms with Crippen molar-refractivity contribution in [2.45, 2.75) is 6.92 Å². The van der Waals surface area contributed by atoms with E-state index in [2.05, 4.69) is 21.2 Å². The van der Waals surface area contributed by atoms with Gasteiger partial charge in [0.05, 0.1) is 5.75 Å². The molecule has 0 aromatic heterocycles. The third-order valence-electron chi connectivity index (χ3n) is 2.13. The molecule has 6 heteroatoms. The summed E-state index contributed by atoms with van der Waals surface area (Å²) in [6.07, 6.45) is 0. The van der Waals surface area contributed by atoms with Crippen LogP contribution in [0.4, 0.5) is 5.69 Å². The van der Waals surface area contributed by atoms with Crippen LogP contribution in [-0.4, -0.2) is 35.0 Å². The van der Waals surface area contributed by atoms with Crippen LogP contribution < -0.4 is 5.32 Å². The number of benzene rings is 1. The van der Waals surface area contributed by atoms with Crippen molar-refractivity contribution in [1.29, 1.82) is 0 Å². The summed E-state index contributed by atoms with van der Waals surface area (Å²) in [6, 6.07) is 5.71. The molecule has 1 rings (SSSR count). The number of carbonyl (C=O) groups excluding carboxylic acids is 1. The van der Waals surface area contributed by atoms with E-state index in [0.717, 1.165) is 15.7 Å². The molecule has 0 fully saturated rings. The van der Waals surface area contributed by atoms with Gasteiger partial charge in [-0.3, -0.25) is 4.79 Å². The molecule has 0 aliphatic rings. The highest BCUT2D eigenvalue weighted by atomic mass is 79.9. The van der Waals surface area contributed by atoms with Crippen molar-refractivity contribution < 1.29 is 4.79 Å². The molecular formula is C12H15BrN2OS2. The van der Waals surface area contributed by atoms with Crippen molar-refractivity contribution in [3.05, 3.63) is 28.2 Å². The van der Waals surface area contributed by atoms with Crippen LogP contribution >= 0.6 is 39.9 Å². The van der Waals surface area contributed by atoms with Gasteiger partial charge in [-0.2, -0.15) is 0 Å².